The van der Waals surface area contributed by atoms with Gasteiger partial charge in [0, 0.05) is 18.3 Å². The SMILES string of the molecule is COc1ccc(C(=O)Nc2ccc3c(c2)C(=O)N(C)CCO3)cc1. The Hall–Kier alpha value is -3.02. The molecule has 0 spiro atoms. The molecule has 0 aromatic heterocycles. The fourth-order valence-electron chi connectivity index (χ4n) is 2.45. The first kappa shape index (κ1) is 15.9. The smallest absolute Gasteiger partial charge is 0.257 e. The van der Waals surface area contributed by atoms with Crippen LogP contribution in [-0.4, -0.2) is 44.0 Å². The molecule has 1 N–H and O–H groups in total. The van der Waals surface area contributed by atoms with E-state index in [0.717, 1.165) is 0 Å². The second-order valence-corrected chi connectivity index (χ2v) is 5.47. The normalized spacial score (nSPS) is 13.6. The molecule has 124 valence electrons. The highest BCUT2D eigenvalue weighted by Crippen LogP contribution is 2.26. The van der Waals surface area contributed by atoms with Crippen LogP contribution < -0.4 is 14.8 Å². The number of ether oxygens (including phenoxy) is 2. The van der Waals surface area contributed by atoms with Crippen molar-refractivity contribution in [2.24, 2.45) is 0 Å². The average molecular weight is 326 g/mol. The van der Waals surface area contributed by atoms with E-state index in [-0.39, 0.29) is 11.8 Å². The quantitative estimate of drug-likeness (QED) is 0.940. The van der Waals surface area contributed by atoms with Gasteiger partial charge in [0.1, 0.15) is 18.1 Å². The van der Waals surface area contributed by atoms with Gasteiger partial charge in [-0.3, -0.25) is 9.59 Å². The summed E-state index contributed by atoms with van der Waals surface area (Å²) in [6, 6.07) is 11.9. The largest absolute Gasteiger partial charge is 0.497 e. The number of benzene rings is 2. The molecule has 3 rings (SSSR count). The third-order valence-electron chi connectivity index (χ3n) is 3.85. The van der Waals surface area contributed by atoms with E-state index >= 15 is 0 Å². The number of hydrogen-bond acceptors (Lipinski definition) is 4. The van der Waals surface area contributed by atoms with Crippen LogP contribution in [-0.2, 0) is 0 Å². The van der Waals surface area contributed by atoms with Gasteiger partial charge in [-0.15, -0.1) is 0 Å². The van der Waals surface area contributed by atoms with Crippen LogP contribution in [0.5, 0.6) is 11.5 Å². The molecule has 1 aliphatic rings. The summed E-state index contributed by atoms with van der Waals surface area (Å²) in [4.78, 5) is 26.2. The summed E-state index contributed by atoms with van der Waals surface area (Å²) in [5.74, 6) is 0.838. The van der Waals surface area contributed by atoms with Gasteiger partial charge in [0.15, 0.2) is 0 Å². The highest BCUT2D eigenvalue weighted by Gasteiger charge is 2.21. The van der Waals surface area contributed by atoms with Crippen molar-refractivity contribution in [3.8, 4) is 11.5 Å². The van der Waals surface area contributed by atoms with E-state index in [2.05, 4.69) is 5.32 Å². The molecule has 1 aliphatic heterocycles. The molecule has 0 bridgehead atoms. The second kappa shape index (κ2) is 6.62. The highest BCUT2D eigenvalue weighted by atomic mass is 16.5. The molecule has 0 fully saturated rings. The molecular weight excluding hydrogens is 308 g/mol. The molecule has 6 nitrogen and oxygen atoms in total. The third kappa shape index (κ3) is 3.17. The predicted octanol–water partition coefficient (Wildman–Crippen LogP) is 2.41. The maximum atomic E-state index is 12.3. The summed E-state index contributed by atoms with van der Waals surface area (Å²) in [5.41, 5.74) is 1.50. The molecule has 0 unspecified atom stereocenters. The van der Waals surface area contributed by atoms with Crippen molar-refractivity contribution in [1.82, 2.24) is 4.90 Å². The Labute approximate surface area is 140 Å². The van der Waals surface area contributed by atoms with E-state index in [1.807, 2.05) is 0 Å². The van der Waals surface area contributed by atoms with E-state index in [0.29, 0.717) is 41.5 Å². The van der Waals surface area contributed by atoms with E-state index < -0.39 is 0 Å². The first-order chi connectivity index (χ1) is 11.6. The van der Waals surface area contributed by atoms with Crippen LogP contribution in [0.2, 0.25) is 0 Å². The number of carbonyl (C=O) groups excluding carboxylic acids is 2. The van der Waals surface area contributed by atoms with Gasteiger partial charge in [-0.1, -0.05) is 0 Å². The third-order valence-corrected chi connectivity index (χ3v) is 3.85. The van der Waals surface area contributed by atoms with Crippen LogP contribution in [0.4, 0.5) is 5.69 Å². The zero-order valence-corrected chi connectivity index (χ0v) is 13.5. The van der Waals surface area contributed by atoms with Gasteiger partial charge >= 0.3 is 0 Å². The van der Waals surface area contributed by atoms with Crippen LogP contribution in [0.1, 0.15) is 20.7 Å². The number of anilines is 1. The second-order valence-electron chi connectivity index (χ2n) is 5.47. The van der Waals surface area contributed by atoms with Crippen molar-refractivity contribution in [1.29, 1.82) is 0 Å². The fourth-order valence-corrected chi connectivity index (χ4v) is 2.45. The molecule has 0 saturated heterocycles. The number of fused-ring (bicyclic) bond motifs is 1. The molecule has 6 heteroatoms. The Bertz CT molecular complexity index is 771. The van der Waals surface area contributed by atoms with Crippen molar-refractivity contribution >= 4 is 17.5 Å². The molecule has 0 aliphatic carbocycles. The summed E-state index contributed by atoms with van der Waals surface area (Å²) in [6.07, 6.45) is 0. The number of methoxy groups -OCH3 is 1. The lowest BCUT2D eigenvalue weighted by molar-refractivity contribution is 0.0796. The molecule has 2 amide bonds. The maximum Gasteiger partial charge on any atom is 0.257 e. The van der Waals surface area contributed by atoms with Gasteiger partial charge in [0.25, 0.3) is 11.8 Å². The molecule has 2 aromatic rings. The number of likely N-dealkylation sites (N-methyl/N-ethyl adjacent to an activating group) is 1. The van der Waals surface area contributed by atoms with Crippen molar-refractivity contribution in [2.75, 3.05) is 32.6 Å². The summed E-state index contributed by atoms with van der Waals surface area (Å²) >= 11 is 0. The van der Waals surface area contributed by atoms with Crippen molar-refractivity contribution < 1.29 is 19.1 Å². The van der Waals surface area contributed by atoms with Gasteiger partial charge in [-0.25, -0.2) is 0 Å². The number of amides is 2. The van der Waals surface area contributed by atoms with Crippen molar-refractivity contribution in [2.45, 2.75) is 0 Å². The summed E-state index contributed by atoms with van der Waals surface area (Å²) < 4.78 is 10.6. The Morgan fingerprint density at radius 1 is 1.21 bits per heavy atom. The van der Waals surface area contributed by atoms with Crippen LogP contribution in [0, 0.1) is 0 Å². The lowest BCUT2D eigenvalue weighted by atomic mass is 10.1. The monoisotopic (exact) mass is 326 g/mol. The number of nitrogens with zero attached hydrogens (tertiary/aromatic N) is 1. The van der Waals surface area contributed by atoms with Gasteiger partial charge < -0.3 is 19.7 Å². The Morgan fingerprint density at radius 2 is 1.96 bits per heavy atom. The van der Waals surface area contributed by atoms with Gasteiger partial charge in [-0.2, -0.15) is 0 Å². The standard InChI is InChI=1S/C18H18N2O4/c1-20-9-10-24-16-8-5-13(11-15(16)18(20)22)19-17(21)12-3-6-14(23-2)7-4-12/h3-8,11H,9-10H2,1-2H3,(H,19,21). The van der Waals surface area contributed by atoms with E-state index in [9.17, 15) is 9.59 Å². The molecule has 1 heterocycles. The number of hydrogen-bond donors (Lipinski definition) is 1. The van der Waals surface area contributed by atoms with Crippen LogP contribution in [0.15, 0.2) is 42.5 Å². The predicted molar refractivity (Wildman–Crippen MR) is 89.8 cm³/mol. The Kier molecular flexibility index (Phi) is 4.37. The van der Waals surface area contributed by atoms with E-state index in [4.69, 9.17) is 9.47 Å². The maximum absolute atomic E-state index is 12.3. The van der Waals surface area contributed by atoms with Crippen molar-refractivity contribution in [3.05, 3.63) is 53.6 Å². The van der Waals surface area contributed by atoms with Crippen LogP contribution in [0.25, 0.3) is 0 Å². The fraction of sp³-hybridized carbons (Fsp3) is 0.222. The Morgan fingerprint density at radius 3 is 2.67 bits per heavy atom. The van der Waals surface area contributed by atoms with Gasteiger partial charge in [-0.05, 0) is 42.5 Å². The number of rotatable bonds is 3. The van der Waals surface area contributed by atoms with E-state index in [1.54, 1.807) is 61.5 Å². The first-order valence-electron chi connectivity index (χ1n) is 7.56. The molecule has 0 radical (unpaired) electrons. The lowest BCUT2D eigenvalue weighted by Gasteiger charge is -2.13. The molecule has 24 heavy (non-hydrogen) atoms. The summed E-state index contributed by atoms with van der Waals surface area (Å²) in [6.45, 7) is 0.980. The average Bonchev–Trinajstić information content (AvgIpc) is 2.74. The minimum atomic E-state index is -0.257. The number of carbonyl (C=O) groups is 2. The molecule has 0 atom stereocenters. The molecular formula is C18H18N2O4. The van der Waals surface area contributed by atoms with Gasteiger partial charge in [0.05, 0.1) is 19.2 Å². The summed E-state index contributed by atoms with van der Waals surface area (Å²) in [5, 5.41) is 2.80. The molecule has 2 aromatic carbocycles. The van der Waals surface area contributed by atoms with Crippen LogP contribution in [0.3, 0.4) is 0 Å². The van der Waals surface area contributed by atoms with E-state index in [1.165, 1.54) is 0 Å². The zero-order valence-electron chi connectivity index (χ0n) is 13.5. The minimum Gasteiger partial charge on any atom is -0.497 e. The lowest BCUT2D eigenvalue weighted by Crippen LogP contribution is -2.27. The van der Waals surface area contributed by atoms with Crippen LogP contribution >= 0.6 is 0 Å². The minimum absolute atomic E-state index is 0.122. The first-order valence-corrected chi connectivity index (χ1v) is 7.56. The topological polar surface area (TPSA) is 67.9 Å². The zero-order chi connectivity index (χ0) is 17.1. The highest BCUT2D eigenvalue weighted by molar-refractivity contribution is 6.05. The van der Waals surface area contributed by atoms with Crippen molar-refractivity contribution in [3.63, 3.8) is 0 Å². The molecule has 0 saturated carbocycles. The number of nitrogens with one attached hydrogen (secondary N) is 1. The summed E-state index contributed by atoms with van der Waals surface area (Å²) in [7, 11) is 3.30. The van der Waals surface area contributed by atoms with Gasteiger partial charge in [0.2, 0.25) is 0 Å². The Balaban J connectivity index is 1.81.